The Morgan fingerprint density at radius 1 is 1.48 bits per heavy atom. The van der Waals surface area contributed by atoms with E-state index in [-0.39, 0.29) is 0 Å². The van der Waals surface area contributed by atoms with Crippen molar-refractivity contribution in [2.75, 3.05) is 5.88 Å². The van der Waals surface area contributed by atoms with Gasteiger partial charge in [0, 0.05) is 5.88 Å². The van der Waals surface area contributed by atoms with Gasteiger partial charge >= 0.3 is 5.97 Å². The Morgan fingerprint density at radius 2 is 2.24 bits per heavy atom. The molecule has 2 rings (SSSR count). The minimum Gasteiger partial charge on any atom is -0.480 e. The van der Waals surface area contributed by atoms with Gasteiger partial charge in [-0.25, -0.2) is 0 Å². The lowest BCUT2D eigenvalue weighted by Gasteiger charge is -2.29. The van der Waals surface area contributed by atoms with E-state index in [2.05, 4.69) is 19.1 Å². The first-order chi connectivity index (χ1) is 10.0. The maximum Gasteiger partial charge on any atom is 0.320 e. The fourth-order valence-corrected chi connectivity index (χ4v) is 3.54. The molecule has 1 aliphatic carbocycles. The maximum atomic E-state index is 10.8. The van der Waals surface area contributed by atoms with Gasteiger partial charge in [0.15, 0.2) is 0 Å². The second-order valence-corrected chi connectivity index (χ2v) is 6.59. The third-order valence-electron chi connectivity index (χ3n) is 4.68. The van der Waals surface area contributed by atoms with Gasteiger partial charge in [-0.05, 0) is 60.6 Å². The highest BCUT2D eigenvalue weighted by molar-refractivity contribution is 6.17. The number of benzene rings is 1. The smallest absolute Gasteiger partial charge is 0.320 e. The zero-order chi connectivity index (χ0) is 15.4. The molecule has 0 aliphatic heterocycles. The predicted molar refractivity (Wildman–Crippen MR) is 85.8 cm³/mol. The SMILES string of the molecule is CC(CCCl)C1CCc2cc(CC(N)C(=O)O)ccc2C1. The average Bonchev–Trinajstić information content (AvgIpc) is 2.46. The lowest BCUT2D eigenvalue weighted by Crippen LogP contribution is -2.32. The first-order valence-corrected chi connectivity index (χ1v) is 8.19. The summed E-state index contributed by atoms with van der Waals surface area (Å²) in [5, 5.41) is 8.89. The van der Waals surface area contributed by atoms with Crippen molar-refractivity contribution < 1.29 is 9.90 Å². The van der Waals surface area contributed by atoms with E-state index in [9.17, 15) is 4.79 Å². The molecule has 0 heterocycles. The third-order valence-corrected chi connectivity index (χ3v) is 4.90. The highest BCUT2D eigenvalue weighted by Crippen LogP contribution is 2.32. The summed E-state index contributed by atoms with van der Waals surface area (Å²) in [4.78, 5) is 10.8. The van der Waals surface area contributed by atoms with Crippen molar-refractivity contribution in [1.29, 1.82) is 0 Å². The van der Waals surface area contributed by atoms with Crippen molar-refractivity contribution in [3.63, 3.8) is 0 Å². The van der Waals surface area contributed by atoms with Gasteiger partial charge in [-0.1, -0.05) is 25.1 Å². The molecular formula is C17H24ClNO2. The number of rotatable bonds is 6. The number of hydrogen-bond donors (Lipinski definition) is 2. The first kappa shape index (κ1) is 16.3. The molecule has 21 heavy (non-hydrogen) atoms. The van der Waals surface area contributed by atoms with Gasteiger partial charge in [-0.3, -0.25) is 4.79 Å². The zero-order valence-corrected chi connectivity index (χ0v) is 13.3. The molecule has 0 saturated carbocycles. The van der Waals surface area contributed by atoms with Crippen molar-refractivity contribution in [3.8, 4) is 0 Å². The molecule has 3 atom stereocenters. The fraction of sp³-hybridized carbons (Fsp3) is 0.588. The average molecular weight is 310 g/mol. The van der Waals surface area contributed by atoms with Gasteiger partial charge in [-0.15, -0.1) is 11.6 Å². The highest BCUT2D eigenvalue weighted by Gasteiger charge is 2.23. The molecule has 1 aromatic carbocycles. The van der Waals surface area contributed by atoms with E-state index in [0.717, 1.165) is 30.7 Å². The van der Waals surface area contributed by atoms with Gasteiger partial charge in [-0.2, -0.15) is 0 Å². The molecule has 0 spiro atoms. The number of fused-ring (bicyclic) bond motifs is 1. The van der Waals surface area contributed by atoms with Gasteiger partial charge in [0.25, 0.3) is 0 Å². The molecule has 4 heteroatoms. The van der Waals surface area contributed by atoms with E-state index >= 15 is 0 Å². The minimum absolute atomic E-state index is 0.398. The second-order valence-electron chi connectivity index (χ2n) is 6.21. The number of alkyl halides is 1. The Hall–Kier alpha value is -1.06. The molecule has 0 bridgehead atoms. The van der Waals surface area contributed by atoms with Crippen LogP contribution in [0.5, 0.6) is 0 Å². The third kappa shape index (κ3) is 4.21. The normalized spacial score (nSPS) is 20.6. The van der Waals surface area contributed by atoms with Crippen LogP contribution in [0, 0.1) is 11.8 Å². The van der Waals surface area contributed by atoms with E-state index in [0.29, 0.717) is 18.3 Å². The summed E-state index contributed by atoms with van der Waals surface area (Å²) >= 11 is 5.85. The van der Waals surface area contributed by atoms with Crippen LogP contribution in [0.15, 0.2) is 18.2 Å². The molecule has 1 aliphatic rings. The lowest BCUT2D eigenvalue weighted by molar-refractivity contribution is -0.138. The number of carboxylic acid groups (broad SMARTS) is 1. The summed E-state index contributed by atoms with van der Waals surface area (Å²) in [5.41, 5.74) is 9.40. The zero-order valence-electron chi connectivity index (χ0n) is 12.5. The van der Waals surface area contributed by atoms with Crippen LogP contribution < -0.4 is 5.73 Å². The Bertz CT molecular complexity index is 504. The van der Waals surface area contributed by atoms with E-state index in [1.54, 1.807) is 0 Å². The van der Waals surface area contributed by atoms with Crippen LogP contribution in [0.2, 0.25) is 0 Å². The van der Waals surface area contributed by atoms with Crippen molar-refractivity contribution in [2.24, 2.45) is 17.6 Å². The quantitative estimate of drug-likeness (QED) is 0.794. The first-order valence-electron chi connectivity index (χ1n) is 7.66. The summed E-state index contributed by atoms with van der Waals surface area (Å²) in [5.74, 6) is 1.16. The molecule has 0 radical (unpaired) electrons. The van der Waals surface area contributed by atoms with Crippen molar-refractivity contribution in [3.05, 3.63) is 34.9 Å². The summed E-state index contributed by atoms with van der Waals surface area (Å²) < 4.78 is 0. The van der Waals surface area contributed by atoms with E-state index < -0.39 is 12.0 Å². The molecule has 3 nitrogen and oxygen atoms in total. The molecule has 0 aromatic heterocycles. The Labute approximate surface area is 131 Å². The van der Waals surface area contributed by atoms with Gasteiger partial charge in [0.2, 0.25) is 0 Å². The number of aliphatic carboxylic acids is 1. The van der Waals surface area contributed by atoms with E-state index in [1.807, 2.05) is 6.07 Å². The number of carboxylic acids is 1. The highest BCUT2D eigenvalue weighted by atomic mass is 35.5. The topological polar surface area (TPSA) is 63.3 Å². The largest absolute Gasteiger partial charge is 0.480 e. The number of halogens is 1. The molecule has 0 amide bonds. The van der Waals surface area contributed by atoms with Crippen molar-refractivity contribution in [2.45, 2.75) is 45.1 Å². The number of aryl methyl sites for hydroxylation is 1. The molecule has 1 aromatic rings. The van der Waals surface area contributed by atoms with Crippen LogP contribution in [0.25, 0.3) is 0 Å². The summed E-state index contributed by atoms with van der Waals surface area (Å²) in [7, 11) is 0. The van der Waals surface area contributed by atoms with Gasteiger partial charge in [0.05, 0.1) is 0 Å². The van der Waals surface area contributed by atoms with Crippen LogP contribution in [-0.4, -0.2) is 23.0 Å². The predicted octanol–water partition coefficient (Wildman–Crippen LogP) is 3.01. The summed E-state index contributed by atoms with van der Waals surface area (Å²) in [6, 6.07) is 5.50. The summed E-state index contributed by atoms with van der Waals surface area (Å²) in [6.07, 6.45) is 4.85. The molecule has 0 fully saturated rings. The molecule has 3 unspecified atom stereocenters. The maximum absolute atomic E-state index is 10.8. The molecule has 0 saturated heterocycles. The lowest BCUT2D eigenvalue weighted by atomic mass is 9.76. The minimum atomic E-state index is -0.942. The van der Waals surface area contributed by atoms with Gasteiger partial charge < -0.3 is 10.8 Å². The van der Waals surface area contributed by atoms with Crippen molar-refractivity contribution in [1.82, 2.24) is 0 Å². The molecule has 116 valence electrons. The second kappa shape index (κ2) is 7.28. The Kier molecular flexibility index (Phi) is 5.65. The van der Waals surface area contributed by atoms with E-state index in [1.165, 1.54) is 17.5 Å². The standard InChI is InChI=1S/C17H24ClNO2/c1-11(6-7-18)13-4-5-14-8-12(2-3-15(14)10-13)9-16(19)17(20)21/h2-3,8,11,13,16H,4-7,9-10,19H2,1H3,(H,20,21). The van der Waals surface area contributed by atoms with Crippen LogP contribution >= 0.6 is 11.6 Å². The van der Waals surface area contributed by atoms with Crippen molar-refractivity contribution >= 4 is 17.6 Å². The number of carbonyl (C=O) groups is 1. The van der Waals surface area contributed by atoms with Crippen LogP contribution in [-0.2, 0) is 24.1 Å². The molecular weight excluding hydrogens is 286 g/mol. The number of nitrogens with two attached hydrogens (primary N) is 1. The Balaban J connectivity index is 2.05. The fourth-order valence-electron chi connectivity index (χ4n) is 3.20. The van der Waals surface area contributed by atoms with Crippen LogP contribution in [0.4, 0.5) is 0 Å². The van der Waals surface area contributed by atoms with Crippen LogP contribution in [0.1, 0.15) is 36.5 Å². The van der Waals surface area contributed by atoms with Gasteiger partial charge in [0.1, 0.15) is 6.04 Å². The summed E-state index contributed by atoms with van der Waals surface area (Å²) in [6.45, 7) is 2.29. The Morgan fingerprint density at radius 3 is 2.90 bits per heavy atom. The van der Waals surface area contributed by atoms with E-state index in [4.69, 9.17) is 22.4 Å². The van der Waals surface area contributed by atoms with Crippen LogP contribution in [0.3, 0.4) is 0 Å². The number of hydrogen-bond acceptors (Lipinski definition) is 2. The monoisotopic (exact) mass is 309 g/mol. The molecule has 3 N–H and O–H groups in total.